The highest BCUT2D eigenvalue weighted by Gasteiger charge is 2.05. The van der Waals surface area contributed by atoms with E-state index in [0.717, 1.165) is 0 Å². The van der Waals surface area contributed by atoms with Crippen LogP contribution < -0.4 is 0 Å². The maximum absolute atomic E-state index is 10.1. The predicted molar refractivity (Wildman–Crippen MR) is 17.5 cm³/mol. The lowest BCUT2D eigenvalue weighted by atomic mass is 10.3. The van der Waals surface area contributed by atoms with Crippen molar-refractivity contribution in [3.05, 3.63) is 0 Å². The molecule has 0 amide bonds. The highest BCUT2D eigenvalue weighted by Crippen LogP contribution is 1.82. The van der Waals surface area contributed by atoms with Gasteiger partial charge in [-0.3, -0.25) is 0 Å². The molecule has 0 saturated heterocycles. The fourth-order valence-corrected chi connectivity index (χ4v) is 0. The van der Waals surface area contributed by atoms with E-state index >= 15 is 0 Å². The van der Waals surface area contributed by atoms with Crippen LogP contribution in [-0.4, -0.2) is 22.9 Å². The molecule has 2 N–H and O–H groups in total. The summed E-state index contributed by atoms with van der Waals surface area (Å²) in [4.78, 5) is 2.36. The van der Waals surface area contributed by atoms with Gasteiger partial charge in [0.05, 0.1) is 0 Å². The number of halogens is 4. The van der Waals surface area contributed by atoms with Crippen molar-refractivity contribution in [2.75, 3.05) is 0 Å². The van der Waals surface area contributed by atoms with Crippen LogP contribution in [0.5, 0.6) is 0 Å². The molecule has 0 aromatic carbocycles. The minimum atomic E-state index is -2.50. The highest BCUT2D eigenvalue weighted by molar-refractivity contribution is 6.32. The molecule has 0 fully saturated rings. The second-order valence-electron chi connectivity index (χ2n) is 0.607. The first-order valence-corrected chi connectivity index (χ1v) is 1.41. The maximum Gasteiger partial charge on any atom is 0.667 e. The lowest BCUT2D eigenvalue weighted by molar-refractivity contribution is -0.295. The molecule has 9 heavy (non-hydrogen) atoms. The predicted octanol–water partition coefficient (Wildman–Crippen LogP) is -0.201. The van der Waals surface area contributed by atoms with Gasteiger partial charge in [-0.15, -0.1) is 0 Å². The molecule has 0 spiro atoms. The van der Waals surface area contributed by atoms with Crippen molar-refractivity contribution in [2.24, 2.45) is 0 Å². The van der Waals surface area contributed by atoms with Crippen LogP contribution in [0.3, 0.4) is 0 Å². The summed E-state index contributed by atoms with van der Waals surface area (Å²) in [5.74, 6) is 0. The van der Waals surface area contributed by atoms with E-state index in [2.05, 4.69) is 4.86 Å². The summed E-state index contributed by atoms with van der Waals surface area (Å²) >= 11 is 0. The van der Waals surface area contributed by atoms with Crippen LogP contribution in [0, 0.1) is 0 Å². The van der Waals surface area contributed by atoms with Crippen molar-refractivity contribution < 1.29 is 32.9 Å². The van der Waals surface area contributed by atoms with Gasteiger partial charge in [-0.2, -0.15) is 4.86 Å². The fourth-order valence-electron chi connectivity index (χ4n) is 0. The molecule has 0 rings (SSSR count). The van der Waals surface area contributed by atoms with Crippen LogP contribution in [0.25, 0.3) is 0 Å². The average Bonchev–Trinajstić information content (AvgIpc) is 1.65. The minimum Gasteiger partial charge on any atom is -0.400 e. The standard InChI is InChI=1S/BFH2O3.F3N/c2-5-1(3)4;1-4(2)3/h3-4H;. The van der Waals surface area contributed by atoms with E-state index in [1.54, 1.807) is 0 Å². The summed E-state index contributed by atoms with van der Waals surface area (Å²) < 4.78 is 38.6. The quantitative estimate of drug-likeness (QED) is 0.309. The first-order chi connectivity index (χ1) is 4.00. The molecule has 0 aliphatic heterocycles. The van der Waals surface area contributed by atoms with Crippen molar-refractivity contribution in [3.8, 4) is 0 Å². The third kappa shape index (κ3) is 91.4. The second-order valence-corrected chi connectivity index (χ2v) is 0.607. The van der Waals surface area contributed by atoms with Crippen molar-refractivity contribution in [1.82, 2.24) is 5.57 Å². The molecule has 0 saturated carbocycles. The van der Waals surface area contributed by atoms with Crippen LogP contribution >= 0.6 is 0 Å². The third-order valence-corrected chi connectivity index (χ3v) is 0.0797. The second kappa shape index (κ2) is 7.62. The molecular formula is H2BF4NO3. The van der Waals surface area contributed by atoms with Gasteiger partial charge in [0.1, 0.15) is 0 Å². The molecule has 56 valence electrons. The van der Waals surface area contributed by atoms with Gasteiger partial charge in [0.25, 0.3) is 0 Å². The fraction of sp³-hybridized carbons (Fsp3) is 0. The van der Waals surface area contributed by atoms with Crippen LogP contribution in [0.2, 0.25) is 0 Å². The Hall–Kier alpha value is -0.375. The summed E-state index contributed by atoms with van der Waals surface area (Å²) in [7, 11) is -2.28. The first kappa shape index (κ1) is 11.4. The number of hydrogen-bond acceptors (Lipinski definition) is 4. The third-order valence-electron chi connectivity index (χ3n) is 0.0797. The number of hydrogen-bond donors (Lipinski definition) is 2. The van der Waals surface area contributed by atoms with Crippen LogP contribution in [0.1, 0.15) is 0 Å². The molecule has 0 aromatic rings. The molecule has 0 atom stereocenters. The zero-order chi connectivity index (χ0) is 7.86. The Morgan fingerprint density at radius 1 is 1.22 bits per heavy atom. The zero-order valence-electron chi connectivity index (χ0n) is 3.84. The molecule has 4 nitrogen and oxygen atoms in total. The van der Waals surface area contributed by atoms with E-state index in [1.807, 2.05) is 0 Å². The Labute approximate surface area is 47.1 Å². The van der Waals surface area contributed by atoms with E-state index < -0.39 is 12.9 Å². The van der Waals surface area contributed by atoms with Gasteiger partial charge in [-0.05, 0) is 0 Å². The lowest BCUT2D eigenvalue weighted by Gasteiger charge is -1.78. The van der Waals surface area contributed by atoms with E-state index in [4.69, 9.17) is 10.0 Å². The van der Waals surface area contributed by atoms with Crippen molar-refractivity contribution in [3.63, 3.8) is 0 Å². The van der Waals surface area contributed by atoms with Gasteiger partial charge < -0.3 is 10.0 Å². The summed E-state index contributed by atoms with van der Waals surface area (Å²) in [6.07, 6.45) is 0. The van der Waals surface area contributed by atoms with Crippen LogP contribution in [0.15, 0.2) is 0 Å². The maximum atomic E-state index is 10.1. The molecule has 0 radical (unpaired) electrons. The Bertz CT molecular complexity index is 48.3. The molecule has 0 bridgehead atoms. The molecule has 0 aliphatic carbocycles. The van der Waals surface area contributed by atoms with Crippen molar-refractivity contribution in [2.45, 2.75) is 0 Å². The van der Waals surface area contributed by atoms with E-state index in [0.29, 0.717) is 0 Å². The van der Waals surface area contributed by atoms with Crippen molar-refractivity contribution >= 4 is 7.32 Å². The lowest BCUT2D eigenvalue weighted by Crippen LogP contribution is -2.10. The van der Waals surface area contributed by atoms with E-state index in [1.165, 1.54) is 0 Å². The van der Waals surface area contributed by atoms with Gasteiger partial charge in [0.15, 0.2) is 5.57 Å². The topological polar surface area (TPSA) is 52.9 Å². The molecule has 0 aromatic heterocycles. The monoisotopic (exact) mass is 151 g/mol. The number of nitrogens with zero attached hydrogens (tertiary/aromatic N) is 1. The van der Waals surface area contributed by atoms with E-state index in [-0.39, 0.29) is 0 Å². The summed E-state index contributed by atoms with van der Waals surface area (Å²) in [6.45, 7) is 0. The smallest absolute Gasteiger partial charge is 0.400 e. The normalized spacial score (nSPS) is 8.33. The van der Waals surface area contributed by atoms with Gasteiger partial charge in [0, 0.05) is 0 Å². The molecule has 9 heteroatoms. The molecule has 0 aliphatic rings. The van der Waals surface area contributed by atoms with Gasteiger partial charge in [-0.1, -0.05) is 18.0 Å². The Morgan fingerprint density at radius 3 is 1.33 bits per heavy atom. The Morgan fingerprint density at radius 2 is 1.33 bits per heavy atom. The zero-order valence-corrected chi connectivity index (χ0v) is 3.84. The van der Waals surface area contributed by atoms with Gasteiger partial charge >= 0.3 is 7.32 Å². The Balaban J connectivity index is 0. The highest BCUT2D eigenvalue weighted by atomic mass is 19.5. The van der Waals surface area contributed by atoms with E-state index in [9.17, 15) is 18.0 Å². The summed E-state index contributed by atoms with van der Waals surface area (Å²) in [5.41, 5.74) is -2.50. The van der Waals surface area contributed by atoms with Crippen LogP contribution in [-0.2, 0) is 4.86 Å². The molecular weight excluding hydrogens is 149 g/mol. The Kier molecular flexibility index (Phi) is 9.68. The minimum absolute atomic E-state index is 2.28. The first-order valence-electron chi connectivity index (χ1n) is 1.41. The summed E-state index contributed by atoms with van der Waals surface area (Å²) in [6, 6.07) is 0. The van der Waals surface area contributed by atoms with Gasteiger partial charge in [-0.25, -0.2) is 0 Å². The molecule has 0 heterocycles. The molecule has 0 unspecified atom stereocenters. The van der Waals surface area contributed by atoms with Crippen molar-refractivity contribution in [1.29, 1.82) is 0 Å². The van der Waals surface area contributed by atoms with Gasteiger partial charge in [0.2, 0.25) is 0 Å². The van der Waals surface area contributed by atoms with Crippen LogP contribution in [0.4, 0.5) is 18.0 Å². The largest absolute Gasteiger partial charge is 0.667 e. The average molecular weight is 151 g/mol. The SMILES string of the molecule is FN(F)F.OB(O)OF. The number of rotatable bonds is 1. The summed E-state index contributed by atoms with van der Waals surface area (Å²) in [5, 5.41) is 14.6.